The minimum Gasteiger partial charge on any atom is -0.497 e. The Balaban J connectivity index is 2.37. The maximum Gasteiger partial charge on any atom is 0.118 e. The second kappa shape index (κ2) is 6.29. The predicted octanol–water partition coefficient (Wildman–Crippen LogP) is 1.92. The zero-order valence-corrected chi connectivity index (χ0v) is 12.1. The molecule has 0 bridgehead atoms. The summed E-state index contributed by atoms with van der Waals surface area (Å²) in [6.07, 6.45) is 4.14. The van der Waals surface area contributed by atoms with Crippen LogP contribution in [-0.2, 0) is 0 Å². The van der Waals surface area contributed by atoms with Gasteiger partial charge in [-0.25, -0.2) is 0 Å². The molecule has 3 N–H and O–H groups in total. The summed E-state index contributed by atoms with van der Waals surface area (Å²) in [6.45, 7) is 0. The summed E-state index contributed by atoms with van der Waals surface area (Å²) in [7, 11) is 3.42. The van der Waals surface area contributed by atoms with E-state index in [1.54, 1.807) is 20.4 Å². The number of ether oxygens (including phenoxy) is 1. The molecule has 2 unspecified atom stereocenters. The molecule has 2 atom stereocenters. The van der Waals surface area contributed by atoms with Gasteiger partial charge >= 0.3 is 0 Å². The molecule has 0 spiro atoms. The molecule has 20 heavy (non-hydrogen) atoms. The van der Waals surface area contributed by atoms with Crippen molar-refractivity contribution in [2.45, 2.75) is 37.4 Å². The maximum absolute atomic E-state index is 10.9. The van der Waals surface area contributed by atoms with Crippen molar-refractivity contribution < 1.29 is 14.9 Å². The average Bonchev–Trinajstić information content (AvgIpc) is 2.48. The molecule has 0 aromatic heterocycles. The summed E-state index contributed by atoms with van der Waals surface area (Å²) in [4.78, 5) is 0. The molecular weight excluding hydrogens is 254 g/mol. The quantitative estimate of drug-likeness (QED) is 0.787. The van der Waals surface area contributed by atoms with Crippen LogP contribution in [-0.4, -0.2) is 36.1 Å². The number of hydrogen-bond donors (Lipinski definition) is 3. The van der Waals surface area contributed by atoms with Gasteiger partial charge in [0.25, 0.3) is 0 Å². The highest BCUT2D eigenvalue weighted by atomic mass is 16.5. The molecular formula is C16H23NO3. The van der Waals surface area contributed by atoms with Gasteiger partial charge in [0.05, 0.1) is 13.2 Å². The first-order chi connectivity index (χ1) is 9.61. The van der Waals surface area contributed by atoms with E-state index in [-0.39, 0.29) is 0 Å². The van der Waals surface area contributed by atoms with Crippen LogP contribution in [0.5, 0.6) is 5.75 Å². The monoisotopic (exact) mass is 277 g/mol. The van der Waals surface area contributed by atoms with E-state index >= 15 is 0 Å². The molecule has 1 fully saturated rings. The van der Waals surface area contributed by atoms with Crippen LogP contribution >= 0.6 is 0 Å². The number of nitrogens with one attached hydrogen (secondary N) is 1. The van der Waals surface area contributed by atoms with E-state index in [0.717, 1.165) is 29.7 Å². The minimum atomic E-state index is -1.18. The Morgan fingerprint density at radius 3 is 2.60 bits per heavy atom. The van der Waals surface area contributed by atoms with Crippen LogP contribution in [0.4, 0.5) is 0 Å². The van der Waals surface area contributed by atoms with Crippen LogP contribution in [0.15, 0.2) is 30.5 Å². The van der Waals surface area contributed by atoms with Crippen molar-refractivity contribution >= 4 is 5.57 Å². The molecule has 2 rings (SSSR count). The zero-order chi connectivity index (χ0) is 14.6. The van der Waals surface area contributed by atoms with E-state index in [1.165, 1.54) is 0 Å². The molecule has 0 aliphatic heterocycles. The van der Waals surface area contributed by atoms with Gasteiger partial charge in [0.2, 0.25) is 0 Å². The third-order valence-electron chi connectivity index (χ3n) is 3.99. The first-order valence-electron chi connectivity index (χ1n) is 7.04. The fourth-order valence-electron chi connectivity index (χ4n) is 2.82. The van der Waals surface area contributed by atoms with Crippen molar-refractivity contribution in [2.75, 3.05) is 14.2 Å². The van der Waals surface area contributed by atoms with E-state index in [2.05, 4.69) is 5.32 Å². The van der Waals surface area contributed by atoms with Crippen molar-refractivity contribution in [3.63, 3.8) is 0 Å². The van der Waals surface area contributed by atoms with Crippen LogP contribution < -0.4 is 10.1 Å². The molecule has 0 radical (unpaired) electrons. The second-order valence-electron chi connectivity index (χ2n) is 5.26. The first kappa shape index (κ1) is 14.9. The molecule has 110 valence electrons. The van der Waals surface area contributed by atoms with Gasteiger partial charge in [0.15, 0.2) is 0 Å². The zero-order valence-electron chi connectivity index (χ0n) is 12.1. The molecule has 4 heteroatoms. The van der Waals surface area contributed by atoms with Crippen molar-refractivity contribution in [2.24, 2.45) is 0 Å². The topological polar surface area (TPSA) is 61.7 Å². The molecule has 1 aliphatic carbocycles. The number of aliphatic hydroxyl groups excluding tert-OH is 1. The number of methoxy groups -OCH3 is 1. The lowest BCUT2D eigenvalue weighted by Gasteiger charge is -2.39. The number of aliphatic hydroxyl groups is 2. The van der Waals surface area contributed by atoms with Gasteiger partial charge in [-0.2, -0.15) is 0 Å². The van der Waals surface area contributed by atoms with Crippen LogP contribution in [0.25, 0.3) is 5.57 Å². The normalized spacial score (nSPS) is 27.2. The summed E-state index contributed by atoms with van der Waals surface area (Å²) in [6, 6.07) is 7.53. The van der Waals surface area contributed by atoms with E-state index in [9.17, 15) is 10.2 Å². The highest BCUT2D eigenvalue weighted by molar-refractivity contribution is 5.73. The summed E-state index contributed by atoms with van der Waals surface area (Å²) < 4.78 is 5.15. The number of rotatable bonds is 4. The standard InChI is InChI=1S/C16H23NO3/c1-17-11-14(12-6-8-13(20-2)9-7-12)16(19)10-4-3-5-15(16)18/h6-9,11,15,17-19H,3-5,10H2,1-2H3/b14-11+. The Morgan fingerprint density at radius 1 is 1.35 bits per heavy atom. The number of hydrogen-bond acceptors (Lipinski definition) is 4. The third kappa shape index (κ3) is 2.81. The largest absolute Gasteiger partial charge is 0.497 e. The van der Waals surface area contributed by atoms with Crippen molar-refractivity contribution in [1.82, 2.24) is 5.32 Å². The van der Waals surface area contributed by atoms with Crippen LogP contribution in [0.1, 0.15) is 31.2 Å². The van der Waals surface area contributed by atoms with Gasteiger partial charge in [-0.1, -0.05) is 25.0 Å². The van der Waals surface area contributed by atoms with Gasteiger partial charge < -0.3 is 20.3 Å². The van der Waals surface area contributed by atoms with Crippen LogP contribution in [0, 0.1) is 0 Å². The lowest BCUT2D eigenvalue weighted by Crippen LogP contribution is -2.46. The van der Waals surface area contributed by atoms with Gasteiger partial charge in [-0.05, 0) is 30.5 Å². The van der Waals surface area contributed by atoms with Gasteiger partial charge in [-0.3, -0.25) is 0 Å². The summed E-state index contributed by atoms with van der Waals surface area (Å²) in [5.74, 6) is 0.772. The molecule has 0 heterocycles. The Morgan fingerprint density at radius 2 is 2.05 bits per heavy atom. The van der Waals surface area contributed by atoms with E-state index in [0.29, 0.717) is 12.8 Å². The summed E-state index contributed by atoms with van der Waals surface area (Å²) in [5.41, 5.74) is 0.439. The predicted molar refractivity (Wildman–Crippen MR) is 79.5 cm³/mol. The Hall–Kier alpha value is -1.52. The van der Waals surface area contributed by atoms with Gasteiger partial charge in [0, 0.05) is 18.8 Å². The van der Waals surface area contributed by atoms with E-state index < -0.39 is 11.7 Å². The Bertz CT molecular complexity index is 469. The Kier molecular flexibility index (Phi) is 4.68. The fourth-order valence-corrected chi connectivity index (χ4v) is 2.82. The summed E-state index contributed by atoms with van der Waals surface area (Å²) in [5, 5.41) is 24.1. The van der Waals surface area contributed by atoms with Crippen molar-refractivity contribution in [1.29, 1.82) is 0 Å². The average molecular weight is 277 g/mol. The second-order valence-corrected chi connectivity index (χ2v) is 5.26. The smallest absolute Gasteiger partial charge is 0.118 e. The lowest BCUT2D eigenvalue weighted by molar-refractivity contribution is -0.0581. The highest BCUT2D eigenvalue weighted by Crippen LogP contribution is 2.39. The highest BCUT2D eigenvalue weighted by Gasteiger charge is 2.41. The Labute approximate surface area is 120 Å². The molecule has 4 nitrogen and oxygen atoms in total. The van der Waals surface area contributed by atoms with Crippen LogP contribution in [0.3, 0.4) is 0 Å². The van der Waals surface area contributed by atoms with Crippen LogP contribution in [0.2, 0.25) is 0 Å². The van der Waals surface area contributed by atoms with Gasteiger partial charge in [-0.15, -0.1) is 0 Å². The maximum atomic E-state index is 10.9. The first-order valence-corrected chi connectivity index (χ1v) is 7.04. The molecule has 1 aliphatic rings. The summed E-state index contributed by atoms with van der Waals surface area (Å²) >= 11 is 0. The van der Waals surface area contributed by atoms with Crippen molar-refractivity contribution in [3.8, 4) is 5.75 Å². The molecule has 1 aromatic carbocycles. The van der Waals surface area contributed by atoms with Gasteiger partial charge in [0.1, 0.15) is 11.4 Å². The molecule has 1 aromatic rings. The minimum absolute atomic E-state index is 0.577. The third-order valence-corrected chi connectivity index (χ3v) is 3.99. The molecule has 1 saturated carbocycles. The SMILES string of the molecule is CN/C=C(\c1ccc(OC)cc1)C1(O)CCCCC1O. The van der Waals surface area contributed by atoms with E-state index in [1.807, 2.05) is 24.3 Å². The fraction of sp³-hybridized carbons (Fsp3) is 0.500. The van der Waals surface area contributed by atoms with Crippen molar-refractivity contribution in [3.05, 3.63) is 36.0 Å². The molecule has 0 saturated heterocycles. The number of benzene rings is 1. The van der Waals surface area contributed by atoms with E-state index in [4.69, 9.17) is 4.74 Å². The lowest BCUT2D eigenvalue weighted by atomic mass is 9.75. The molecule has 0 amide bonds.